The molecule has 11 heteroatoms. The molecule has 0 heterocycles. The number of carbonyl (C=O) groups excluding carboxylic acids is 1. The number of non-ortho nitro benzene ring substituents is 1. The van der Waals surface area contributed by atoms with Gasteiger partial charge in [0.25, 0.3) is 5.69 Å². The van der Waals surface area contributed by atoms with Gasteiger partial charge in [0.2, 0.25) is 15.9 Å². The molecule has 2 rings (SSSR count). The first-order chi connectivity index (χ1) is 13.5. The molecule has 8 nitrogen and oxygen atoms in total. The van der Waals surface area contributed by atoms with Crippen LogP contribution in [0.2, 0.25) is 5.02 Å². The first-order valence-corrected chi connectivity index (χ1v) is 10.7. The van der Waals surface area contributed by atoms with Crippen LogP contribution in [0.4, 0.5) is 21.5 Å². The second kappa shape index (κ2) is 8.75. The molecule has 1 atom stereocenters. The molecule has 2 aromatic carbocycles. The maximum atomic E-state index is 13.5. The fourth-order valence-corrected chi connectivity index (χ4v) is 4.14. The molecule has 0 saturated heterocycles. The first kappa shape index (κ1) is 22.6. The number of benzene rings is 2. The number of rotatable bonds is 7. The molecule has 0 aliphatic carbocycles. The van der Waals surface area contributed by atoms with E-state index in [2.05, 4.69) is 5.32 Å². The van der Waals surface area contributed by atoms with Gasteiger partial charge < -0.3 is 5.32 Å². The summed E-state index contributed by atoms with van der Waals surface area (Å²) in [5, 5.41) is 13.2. The van der Waals surface area contributed by atoms with Crippen molar-refractivity contribution in [2.45, 2.75) is 26.3 Å². The summed E-state index contributed by atoms with van der Waals surface area (Å²) < 4.78 is 39.2. The second-order valence-corrected chi connectivity index (χ2v) is 8.59. The monoisotopic (exact) mass is 443 g/mol. The summed E-state index contributed by atoms with van der Waals surface area (Å²) >= 11 is 5.77. The quantitative estimate of drug-likeness (QED) is 0.515. The molecule has 0 aliphatic heterocycles. The molecule has 0 bridgehead atoms. The van der Waals surface area contributed by atoms with Gasteiger partial charge in [0.05, 0.1) is 27.6 Å². The Bertz CT molecular complexity index is 1060. The van der Waals surface area contributed by atoms with E-state index in [1.54, 1.807) is 13.8 Å². The number of aryl methyl sites for hydroxylation is 1. The van der Waals surface area contributed by atoms with Crippen molar-refractivity contribution in [2.75, 3.05) is 15.9 Å². The number of amides is 1. The van der Waals surface area contributed by atoms with E-state index in [0.29, 0.717) is 5.56 Å². The third kappa shape index (κ3) is 5.21. The fraction of sp³-hybridized carbons (Fsp3) is 0.278. The number of nitrogens with zero attached hydrogens (tertiary/aromatic N) is 2. The smallest absolute Gasteiger partial charge is 0.271 e. The van der Waals surface area contributed by atoms with Crippen molar-refractivity contribution in [2.24, 2.45) is 0 Å². The highest BCUT2D eigenvalue weighted by atomic mass is 35.5. The maximum absolute atomic E-state index is 13.5. The zero-order chi connectivity index (χ0) is 21.9. The van der Waals surface area contributed by atoms with Gasteiger partial charge in [0.15, 0.2) is 0 Å². The number of nitro benzene ring substituents is 1. The van der Waals surface area contributed by atoms with Crippen LogP contribution in [0, 0.1) is 22.9 Å². The predicted molar refractivity (Wildman–Crippen MR) is 109 cm³/mol. The average Bonchev–Trinajstić information content (AvgIpc) is 2.62. The van der Waals surface area contributed by atoms with Crippen LogP contribution in [0.5, 0.6) is 0 Å². The largest absolute Gasteiger partial charge is 0.324 e. The number of anilines is 2. The summed E-state index contributed by atoms with van der Waals surface area (Å²) in [5.41, 5.74) is 0.559. The van der Waals surface area contributed by atoms with Gasteiger partial charge in [-0.3, -0.25) is 19.2 Å². The molecular formula is C18H19ClFN3O5S. The number of nitrogens with one attached hydrogen (secondary N) is 1. The Morgan fingerprint density at radius 1 is 1.31 bits per heavy atom. The zero-order valence-electron chi connectivity index (χ0n) is 15.8. The number of nitro groups is 1. The summed E-state index contributed by atoms with van der Waals surface area (Å²) in [6.07, 6.45) is 1.00. The lowest BCUT2D eigenvalue weighted by atomic mass is 10.1. The van der Waals surface area contributed by atoms with Gasteiger partial charge in [0.1, 0.15) is 11.9 Å². The minimum absolute atomic E-state index is 0.0247. The van der Waals surface area contributed by atoms with Gasteiger partial charge in [0, 0.05) is 12.1 Å². The lowest BCUT2D eigenvalue weighted by molar-refractivity contribution is -0.384. The Morgan fingerprint density at radius 3 is 2.48 bits per heavy atom. The third-order valence-corrected chi connectivity index (χ3v) is 5.65. The third-order valence-electron chi connectivity index (χ3n) is 4.18. The van der Waals surface area contributed by atoms with Crippen molar-refractivity contribution in [1.82, 2.24) is 0 Å². The van der Waals surface area contributed by atoms with E-state index in [1.807, 2.05) is 0 Å². The van der Waals surface area contributed by atoms with Crippen LogP contribution in [0.1, 0.15) is 18.9 Å². The van der Waals surface area contributed by atoms with Crippen molar-refractivity contribution < 1.29 is 22.5 Å². The van der Waals surface area contributed by atoms with Gasteiger partial charge in [-0.1, -0.05) is 24.6 Å². The van der Waals surface area contributed by atoms with Crippen LogP contribution in [0.3, 0.4) is 0 Å². The molecule has 0 spiro atoms. The molecule has 29 heavy (non-hydrogen) atoms. The highest BCUT2D eigenvalue weighted by molar-refractivity contribution is 7.92. The van der Waals surface area contributed by atoms with E-state index in [1.165, 1.54) is 24.3 Å². The molecule has 0 saturated carbocycles. The molecular weight excluding hydrogens is 425 g/mol. The van der Waals surface area contributed by atoms with Crippen molar-refractivity contribution in [1.29, 1.82) is 0 Å². The summed E-state index contributed by atoms with van der Waals surface area (Å²) in [6, 6.07) is 6.10. The molecule has 2 aromatic rings. The number of hydrogen-bond acceptors (Lipinski definition) is 5. The van der Waals surface area contributed by atoms with Gasteiger partial charge in [-0.25, -0.2) is 12.8 Å². The van der Waals surface area contributed by atoms with Crippen molar-refractivity contribution in [3.8, 4) is 0 Å². The highest BCUT2D eigenvalue weighted by Gasteiger charge is 2.32. The molecule has 0 unspecified atom stereocenters. The van der Waals surface area contributed by atoms with Gasteiger partial charge >= 0.3 is 0 Å². The van der Waals surface area contributed by atoms with Gasteiger partial charge in [-0.15, -0.1) is 0 Å². The average molecular weight is 444 g/mol. The maximum Gasteiger partial charge on any atom is 0.271 e. The lowest BCUT2D eigenvalue weighted by Gasteiger charge is -2.30. The van der Waals surface area contributed by atoms with Gasteiger partial charge in [-0.2, -0.15) is 0 Å². The van der Waals surface area contributed by atoms with Crippen LogP contribution >= 0.6 is 11.6 Å². The molecule has 0 aliphatic rings. The standard InChI is InChI=1S/C18H19ClFN3O5S/c1-4-17(18(24)21-16-10-13(23(25)26)6-5-11(16)2)22(29(3,27)28)12-7-8-15(20)14(19)9-12/h5-10,17H,4H2,1-3H3,(H,21,24)/t17-/m1/s1. The number of sulfonamides is 1. The van der Waals surface area contributed by atoms with E-state index >= 15 is 0 Å². The fourth-order valence-electron chi connectivity index (χ4n) is 2.76. The van der Waals surface area contributed by atoms with Crippen LogP contribution in [0.25, 0.3) is 0 Å². The Kier molecular flexibility index (Phi) is 6.81. The number of carbonyl (C=O) groups is 1. The number of hydrogen-bond donors (Lipinski definition) is 1. The summed E-state index contributed by atoms with van der Waals surface area (Å²) in [4.78, 5) is 23.3. The number of halogens is 2. The topological polar surface area (TPSA) is 110 Å². The van der Waals surface area contributed by atoms with E-state index in [0.717, 1.165) is 22.7 Å². The lowest BCUT2D eigenvalue weighted by Crippen LogP contribution is -2.47. The van der Waals surface area contributed by atoms with Gasteiger partial charge in [-0.05, 0) is 37.1 Å². The van der Waals surface area contributed by atoms with E-state index in [9.17, 15) is 27.7 Å². The Hall–Kier alpha value is -2.72. The minimum Gasteiger partial charge on any atom is -0.324 e. The van der Waals surface area contributed by atoms with E-state index < -0.39 is 32.7 Å². The highest BCUT2D eigenvalue weighted by Crippen LogP contribution is 2.28. The molecule has 0 fully saturated rings. The molecule has 156 valence electrons. The van der Waals surface area contributed by atoms with Crippen LogP contribution in [-0.4, -0.2) is 31.5 Å². The molecule has 0 radical (unpaired) electrons. The normalized spacial score (nSPS) is 12.3. The minimum atomic E-state index is -3.94. The first-order valence-electron chi connectivity index (χ1n) is 8.46. The predicted octanol–water partition coefficient (Wildman–Crippen LogP) is 3.88. The summed E-state index contributed by atoms with van der Waals surface area (Å²) in [5.74, 6) is -1.42. The second-order valence-electron chi connectivity index (χ2n) is 6.33. The molecule has 1 N–H and O–H groups in total. The molecule has 1 amide bonds. The Morgan fingerprint density at radius 2 is 1.97 bits per heavy atom. The summed E-state index contributed by atoms with van der Waals surface area (Å²) in [7, 11) is -3.94. The van der Waals surface area contributed by atoms with Crippen molar-refractivity contribution >= 4 is 44.6 Å². The van der Waals surface area contributed by atoms with E-state index in [4.69, 9.17) is 11.6 Å². The Balaban J connectivity index is 2.45. The van der Waals surface area contributed by atoms with Crippen LogP contribution < -0.4 is 9.62 Å². The SMILES string of the molecule is CC[C@H](C(=O)Nc1cc([N+](=O)[O-])ccc1C)N(c1ccc(F)c(Cl)c1)S(C)(=O)=O. The van der Waals surface area contributed by atoms with E-state index in [-0.39, 0.29) is 28.5 Å². The van der Waals surface area contributed by atoms with Crippen LogP contribution in [-0.2, 0) is 14.8 Å². The summed E-state index contributed by atoms with van der Waals surface area (Å²) in [6.45, 7) is 3.25. The zero-order valence-corrected chi connectivity index (χ0v) is 17.4. The van der Waals surface area contributed by atoms with Crippen LogP contribution in [0.15, 0.2) is 36.4 Å². The van der Waals surface area contributed by atoms with Crippen molar-refractivity contribution in [3.63, 3.8) is 0 Å². The Labute approximate surface area is 172 Å². The molecule has 0 aromatic heterocycles. The van der Waals surface area contributed by atoms with Crippen molar-refractivity contribution in [3.05, 3.63) is 62.9 Å².